The third kappa shape index (κ3) is 2.20. The van der Waals surface area contributed by atoms with Gasteiger partial charge in [-0.2, -0.15) is 4.98 Å². The van der Waals surface area contributed by atoms with Crippen molar-refractivity contribution in [1.29, 1.82) is 0 Å². The predicted molar refractivity (Wildman–Crippen MR) is 79.5 cm³/mol. The minimum atomic E-state index is 0.302. The molecule has 2 heterocycles. The van der Waals surface area contributed by atoms with E-state index >= 15 is 0 Å². The normalized spacial score (nSPS) is 10.7. The maximum atomic E-state index is 11.3. The number of hydrogen-bond donors (Lipinski definition) is 0. The van der Waals surface area contributed by atoms with E-state index in [0.29, 0.717) is 23.0 Å². The number of nitrogens with zero attached hydrogens (tertiary/aromatic N) is 2. The van der Waals surface area contributed by atoms with Gasteiger partial charge in [0.2, 0.25) is 5.88 Å². The van der Waals surface area contributed by atoms with Crippen LogP contribution in [0.5, 0.6) is 11.6 Å². The summed E-state index contributed by atoms with van der Waals surface area (Å²) in [5.41, 5.74) is 2.19. The highest BCUT2D eigenvalue weighted by atomic mass is 79.9. The maximum absolute atomic E-state index is 11.3. The standard InChI is InChI=1S/C15H11BrN2O2/c1-10-5-6-13(11(16)8-10)20-15-12(9-19)18-7-3-2-4-14(18)17-15/h2-9H,1H3. The van der Waals surface area contributed by atoms with Crippen molar-refractivity contribution in [3.8, 4) is 11.6 Å². The van der Waals surface area contributed by atoms with Crippen LogP contribution in [0.2, 0.25) is 0 Å². The number of carbonyl (C=O) groups is 1. The Bertz CT molecular complexity index is 796. The number of benzene rings is 1. The molecular formula is C15H11BrN2O2. The summed E-state index contributed by atoms with van der Waals surface area (Å²) in [5, 5.41) is 0. The van der Waals surface area contributed by atoms with E-state index in [9.17, 15) is 4.79 Å². The molecule has 0 aliphatic heterocycles. The fraction of sp³-hybridized carbons (Fsp3) is 0.0667. The zero-order valence-corrected chi connectivity index (χ0v) is 12.3. The second-order valence-corrected chi connectivity index (χ2v) is 5.24. The molecule has 0 amide bonds. The van der Waals surface area contributed by atoms with E-state index in [1.807, 2.05) is 43.3 Å². The second-order valence-electron chi connectivity index (χ2n) is 4.38. The number of rotatable bonds is 3. The fourth-order valence-corrected chi connectivity index (χ4v) is 2.54. The smallest absolute Gasteiger partial charge is 0.249 e. The molecule has 100 valence electrons. The molecule has 2 aromatic heterocycles. The number of pyridine rings is 1. The first kappa shape index (κ1) is 12.9. The Hall–Kier alpha value is -2.14. The van der Waals surface area contributed by atoms with Gasteiger partial charge in [0.15, 0.2) is 12.0 Å². The Morgan fingerprint density at radius 2 is 2.15 bits per heavy atom. The van der Waals surface area contributed by atoms with Gasteiger partial charge in [-0.15, -0.1) is 0 Å². The van der Waals surface area contributed by atoms with Crippen molar-refractivity contribution in [3.63, 3.8) is 0 Å². The van der Waals surface area contributed by atoms with Gasteiger partial charge in [0.05, 0.1) is 4.47 Å². The lowest BCUT2D eigenvalue weighted by atomic mass is 10.2. The van der Waals surface area contributed by atoms with Crippen LogP contribution >= 0.6 is 15.9 Å². The third-order valence-corrected chi connectivity index (χ3v) is 3.56. The molecule has 3 rings (SSSR count). The van der Waals surface area contributed by atoms with Crippen LogP contribution in [0, 0.1) is 6.92 Å². The largest absolute Gasteiger partial charge is 0.436 e. The highest BCUT2D eigenvalue weighted by Crippen LogP contribution is 2.31. The molecule has 0 atom stereocenters. The highest BCUT2D eigenvalue weighted by Gasteiger charge is 2.14. The van der Waals surface area contributed by atoms with Crippen molar-refractivity contribution in [2.75, 3.05) is 0 Å². The van der Waals surface area contributed by atoms with Gasteiger partial charge < -0.3 is 4.74 Å². The highest BCUT2D eigenvalue weighted by molar-refractivity contribution is 9.10. The van der Waals surface area contributed by atoms with E-state index in [1.165, 1.54) is 0 Å². The lowest BCUT2D eigenvalue weighted by molar-refractivity contribution is 0.111. The molecule has 0 aliphatic carbocycles. The van der Waals surface area contributed by atoms with Crippen LogP contribution in [-0.2, 0) is 0 Å². The molecule has 0 fully saturated rings. The molecule has 0 bridgehead atoms. The van der Waals surface area contributed by atoms with E-state index in [1.54, 1.807) is 10.6 Å². The van der Waals surface area contributed by atoms with Crippen molar-refractivity contribution in [2.24, 2.45) is 0 Å². The van der Waals surface area contributed by atoms with E-state index in [-0.39, 0.29) is 0 Å². The van der Waals surface area contributed by atoms with E-state index in [2.05, 4.69) is 20.9 Å². The van der Waals surface area contributed by atoms with Crippen LogP contribution in [0.1, 0.15) is 16.1 Å². The first-order valence-electron chi connectivity index (χ1n) is 6.05. The molecule has 20 heavy (non-hydrogen) atoms. The third-order valence-electron chi connectivity index (χ3n) is 2.94. The van der Waals surface area contributed by atoms with Gasteiger partial charge in [-0.3, -0.25) is 9.20 Å². The molecule has 4 nitrogen and oxygen atoms in total. The number of ether oxygens (including phenoxy) is 1. The monoisotopic (exact) mass is 330 g/mol. The Kier molecular flexibility index (Phi) is 3.28. The molecule has 0 saturated carbocycles. The second kappa shape index (κ2) is 5.09. The Balaban J connectivity index is 2.08. The van der Waals surface area contributed by atoms with Gasteiger partial charge in [-0.25, -0.2) is 0 Å². The lowest BCUT2D eigenvalue weighted by Crippen LogP contribution is -1.93. The van der Waals surface area contributed by atoms with Gasteiger partial charge in [-0.05, 0) is 52.7 Å². The summed E-state index contributed by atoms with van der Waals surface area (Å²) in [5.74, 6) is 0.929. The van der Waals surface area contributed by atoms with E-state index < -0.39 is 0 Å². The summed E-state index contributed by atoms with van der Waals surface area (Å²) < 4.78 is 8.29. The minimum Gasteiger partial charge on any atom is -0.436 e. The summed E-state index contributed by atoms with van der Waals surface area (Å²) in [7, 11) is 0. The van der Waals surface area contributed by atoms with Gasteiger partial charge >= 0.3 is 0 Å². The van der Waals surface area contributed by atoms with Gasteiger partial charge in [0.1, 0.15) is 11.4 Å². The molecule has 0 saturated heterocycles. The molecule has 0 radical (unpaired) electrons. The van der Waals surface area contributed by atoms with Crippen molar-refractivity contribution in [3.05, 3.63) is 58.3 Å². The zero-order chi connectivity index (χ0) is 14.1. The molecular weight excluding hydrogens is 320 g/mol. The van der Waals surface area contributed by atoms with Crippen molar-refractivity contribution >= 4 is 27.9 Å². The average molecular weight is 331 g/mol. The summed E-state index contributed by atoms with van der Waals surface area (Å²) in [4.78, 5) is 15.6. The van der Waals surface area contributed by atoms with Crippen LogP contribution in [-0.4, -0.2) is 15.7 Å². The van der Waals surface area contributed by atoms with Gasteiger partial charge in [0.25, 0.3) is 0 Å². The fourth-order valence-electron chi connectivity index (χ4n) is 1.97. The number of halogens is 1. The Morgan fingerprint density at radius 3 is 2.90 bits per heavy atom. The molecule has 0 aliphatic rings. The number of carbonyl (C=O) groups excluding carboxylic acids is 1. The topological polar surface area (TPSA) is 43.6 Å². The molecule has 0 spiro atoms. The van der Waals surface area contributed by atoms with Gasteiger partial charge in [0, 0.05) is 6.20 Å². The summed E-state index contributed by atoms with van der Waals surface area (Å²) in [6.07, 6.45) is 2.53. The quantitative estimate of drug-likeness (QED) is 0.681. The molecule has 3 aromatic rings. The van der Waals surface area contributed by atoms with Crippen LogP contribution in [0.4, 0.5) is 0 Å². The maximum Gasteiger partial charge on any atom is 0.249 e. The van der Waals surface area contributed by atoms with E-state index in [4.69, 9.17) is 4.74 Å². The van der Waals surface area contributed by atoms with E-state index in [0.717, 1.165) is 16.3 Å². The zero-order valence-electron chi connectivity index (χ0n) is 10.7. The number of fused-ring (bicyclic) bond motifs is 1. The molecule has 5 heteroatoms. The minimum absolute atomic E-state index is 0.302. The van der Waals surface area contributed by atoms with Crippen molar-refractivity contribution < 1.29 is 9.53 Å². The summed E-state index contributed by atoms with van der Waals surface area (Å²) in [6, 6.07) is 11.3. The number of imidazole rings is 1. The van der Waals surface area contributed by atoms with Crippen LogP contribution in [0.15, 0.2) is 47.1 Å². The number of aryl methyl sites for hydroxylation is 1. The Labute approximate surface area is 124 Å². The predicted octanol–water partition coefficient (Wildman–Crippen LogP) is 4.01. The molecule has 1 aromatic carbocycles. The van der Waals surface area contributed by atoms with Crippen molar-refractivity contribution in [2.45, 2.75) is 6.92 Å². The first-order valence-corrected chi connectivity index (χ1v) is 6.84. The number of hydrogen-bond acceptors (Lipinski definition) is 3. The van der Waals surface area contributed by atoms with Crippen LogP contribution in [0.3, 0.4) is 0 Å². The Morgan fingerprint density at radius 1 is 1.30 bits per heavy atom. The molecule has 0 unspecified atom stereocenters. The molecule has 0 N–H and O–H groups in total. The number of aldehydes is 1. The average Bonchev–Trinajstić information content (AvgIpc) is 2.79. The summed E-state index contributed by atoms with van der Waals surface area (Å²) in [6.45, 7) is 2.00. The number of aromatic nitrogens is 2. The van der Waals surface area contributed by atoms with Crippen LogP contribution in [0.25, 0.3) is 5.65 Å². The van der Waals surface area contributed by atoms with Crippen molar-refractivity contribution in [1.82, 2.24) is 9.38 Å². The lowest BCUT2D eigenvalue weighted by Gasteiger charge is -2.06. The van der Waals surface area contributed by atoms with Crippen LogP contribution < -0.4 is 4.74 Å². The van der Waals surface area contributed by atoms with Gasteiger partial charge in [-0.1, -0.05) is 12.1 Å². The SMILES string of the molecule is Cc1ccc(Oc2nc3ccccn3c2C=O)c(Br)c1. The summed E-state index contributed by atoms with van der Waals surface area (Å²) >= 11 is 3.45. The first-order chi connectivity index (χ1) is 9.69.